The first-order valence-corrected chi connectivity index (χ1v) is 4.31. The first-order chi connectivity index (χ1) is 5.70. The molecule has 1 aromatic heterocycles. The molecule has 0 aliphatic carbocycles. The van der Waals surface area contributed by atoms with Crippen molar-refractivity contribution in [3.05, 3.63) is 18.4 Å². The summed E-state index contributed by atoms with van der Waals surface area (Å²) in [6.07, 6.45) is 2.44. The maximum absolute atomic E-state index is 11.0. The van der Waals surface area contributed by atoms with E-state index in [9.17, 15) is 4.79 Å². The lowest BCUT2D eigenvalue weighted by Crippen LogP contribution is -2.11. The van der Waals surface area contributed by atoms with Gasteiger partial charge in [0, 0.05) is 4.83 Å². The van der Waals surface area contributed by atoms with Gasteiger partial charge in [0.25, 0.3) is 0 Å². The monoisotopic (exact) mass is 233 g/mol. The van der Waals surface area contributed by atoms with Gasteiger partial charge in [-0.1, -0.05) is 15.9 Å². The number of oxazole rings is 1. The SMILES string of the molecule is CC(Br)COC(=O)c1cocn1. The van der Waals surface area contributed by atoms with Crippen molar-refractivity contribution >= 4 is 21.9 Å². The number of esters is 1. The van der Waals surface area contributed by atoms with Crippen LogP contribution in [0.3, 0.4) is 0 Å². The van der Waals surface area contributed by atoms with Crippen molar-refractivity contribution in [2.24, 2.45) is 0 Å². The van der Waals surface area contributed by atoms with Crippen molar-refractivity contribution in [1.82, 2.24) is 4.98 Å². The topological polar surface area (TPSA) is 52.3 Å². The average molecular weight is 234 g/mol. The Hall–Kier alpha value is -0.840. The highest BCUT2D eigenvalue weighted by atomic mass is 79.9. The van der Waals surface area contributed by atoms with Crippen LogP contribution in [0.4, 0.5) is 0 Å². The fraction of sp³-hybridized carbons (Fsp3) is 0.429. The number of aromatic nitrogens is 1. The summed E-state index contributed by atoms with van der Waals surface area (Å²) in [5.74, 6) is -0.463. The molecule has 0 saturated heterocycles. The van der Waals surface area contributed by atoms with Gasteiger partial charge in [0.15, 0.2) is 12.1 Å². The van der Waals surface area contributed by atoms with Crippen LogP contribution in [-0.2, 0) is 4.74 Å². The molecule has 1 aromatic rings. The molecule has 0 aliphatic rings. The Balaban J connectivity index is 2.40. The predicted molar refractivity (Wildman–Crippen MR) is 45.2 cm³/mol. The van der Waals surface area contributed by atoms with Crippen LogP contribution in [0.25, 0.3) is 0 Å². The molecule has 0 spiro atoms. The van der Waals surface area contributed by atoms with Gasteiger partial charge < -0.3 is 9.15 Å². The molecule has 0 aromatic carbocycles. The van der Waals surface area contributed by atoms with Crippen LogP contribution in [0.15, 0.2) is 17.1 Å². The molecule has 0 bridgehead atoms. The van der Waals surface area contributed by atoms with Gasteiger partial charge in [-0.25, -0.2) is 9.78 Å². The Morgan fingerprint density at radius 1 is 1.92 bits per heavy atom. The van der Waals surface area contributed by atoms with E-state index in [1.807, 2.05) is 6.92 Å². The second-order valence-electron chi connectivity index (χ2n) is 2.25. The van der Waals surface area contributed by atoms with Crippen molar-refractivity contribution in [2.45, 2.75) is 11.8 Å². The van der Waals surface area contributed by atoms with E-state index in [0.29, 0.717) is 6.61 Å². The maximum atomic E-state index is 11.0. The lowest BCUT2D eigenvalue weighted by Gasteiger charge is -2.02. The zero-order valence-electron chi connectivity index (χ0n) is 6.49. The zero-order chi connectivity index (χ0) is 8.97. The number of ether oxygens (including phenoxy) is 1. The highest BCUT2D eigenvalue weighted by Crippen LogP contribution is 2.01. The highest BCUT2D eigenvalue weighted by Gasteiger charge is 2.10. The summed E-state index contributed by atoms with van der Waals surface area (Å²) in [5, 5.41) is 0. The Bertz CT molecular complexity index is 245. The van der Waals surface area contributed by atoms with Crippen molar-refractivity contribution in [3.63, 3.8) is 0 Å². The number of nitrogens with zero attached hydrogens (tertiary/aromatic N) is 1. The quantitative estimate of drug-likeness (QED) is 0.588. The van der Waals surface area contributed by atoms with Gasteiger partial charge in [-0.15, -0.1) is 0 Å². The van der Waals surface area contributed by atoms with Crippen LogP contribution < -0.4 is 0 Å². The molecule has 0 fully saturated rings. The van der Waals surface area contributed by atoms with E-state index in [2.05, 4.69) is 25.3 Å². The molecule has 0 radical (unpaired) electrons. The van der Waals surface area contributed by atoms with Crippen molar-refractivity contribution in [2.75, 3.05) is 6.61 Å². The van der Waals surface area contributed by atoms with Crippen LogP contribution >= 0.6 is 15.9 Å². The van der Waals surface area contributed by atoms with Crippen LogP contribution in [0.1, 0.15) is 17.4 Å². The molecule has 1 heterocycles. The van der Waals surface area contributed by atoms with E-state index in [1.54, 1.807) is 0 Å². The predicted octanol–water partition coefficient (Wildman–Crippen LogP) is 1.61. The van der Waals surface area contributed by atoms with Crippen LogP contribution in [0.5, 0.6) is 0 Å². The van der Waals surface area contributed by atoms with Gasteiger partial charge in [0.1, 0.15) is 12.9 Å². The third kappa shape index (κ3) is 2.65. The standard InChI is InChI=1S/C7H8BrNO3/c1-5(8)2-12-7(10)6-3-11-4-9-6/h3-5H,2H2,1H3. The first-order valence-electron chi connectivity index (χ1n) is 3.39. The van der Waals surface area contributed by atoms with Gasteiger partial charge in [-0.3, -0.25) is 0 Å². The Morgan fingerprint density at radius 3 is 3.17 bits per heavy atom. The minimum absolute atomic E-state index is 0.147. The molecule has 1 rings (SSSR count). The molecule has 0 amide bonds. The number of carbonyl (C=O) groups excluding carboxylic acids is 1. The largest absolute Gasteiger partial charge is 0.460 e. The van der Waals surface area contributed by atoms with E-state index < -0.39 is 5.97 Å². The van der Waals surface area contributed by atoms with E-state index in [0.717, 1.165) is 0 Å². The molecule has 66 valence electrons. The minimum atomic E-state index is -0.463. The van der Waals surface area contributed by atoms with Crippen molar-refractivity contribution in [3.8, 4) is 0 Å². The molecule has 0 N–H and O–H groups in total. The summed E-state index contributed by atoms with van der Waals surface area (Å²) in [7, 11) is 0. The fourth-order valence-corrected chi connectivity index (χ4v) is 0.710. The van der Waals surface area contributed by atoms with E-state index in [1.165, 1.54) is 12.7 Å². The van der Waals surface area contributed by atoms with Gasteiger partial charge >= 0.3 is 5.97 Å². The second kappa shape index (κ2) is 4.25. The summed E-state index contributed by atoms with van der Waals surface area (Å²) in [6.45, 7) is 2.21. The number of alkyl halides is 1. The number of hydrogen-bond donors (Lipinski definition) is 0. The smallest absolute Gasteiger partial charge is 0.360 e. The maximum Gasteiger partial charge on any atom is 0.360 e. The average Bonchev–Trinajstić information content (AvgIpc) is 2.51. The van der Waals surface area contributed by atoms with E-state index in [-0.39, 0.29) is 10.5 Å². The lowest BCUT2D eigenvalue weighted by atomic mass is 10.5. The Labute approximate surface area is 78.0 Å². The Morgan fingerprint density at radius 2 is 2.67 bits per heavy atom. The molecule has 0 aliphatic heterocycles. The molecule has 5 heteroatoms. The number of rotatable bonds is 3. The molecule has 0 saturated carbocycles. The summed E-state index contributed by atoms with van der Waals surface area (Å²) in [4.78, 5) is 14.8. The lowest BCUT2D eigenvalue weighted by molar-refractivity contribution is 0.0505. The molecule has 12 heavy (non-hydrogen) atoms. The van der Waals surface area contributed by atoms with Gasteiger partial charge in [0.2, 0.25) is 0 Å². The fourth-order valence-electron chi connectivity index (χ4n) is 0.578. The Kier molecular flexibility index (Phi) is 3.28. The number of halogens is 1. The zero-order valence-corrected chi connectivity index (χ0v) is 8.08. The summed E-state index contributed by atoms with van der Waals surface area (Å²) in [5.41, 5.74) is 0.197. The van der Waals surface area contributed by atoms with Crippen molar-refractivity contribution < 1.29 is 13.9 Å². The van der Waals surface area contributed by atoms with Crippen LogP contribution in [0.2, 0.25) is 0 Å². The molecule has 4 nitrogen and oxygen atoms in total. The van der Waals surface area contributed by atoms with Gasteiger partial charge in [0.05, 0.1) is 0 Å². The third-order valence-electron chi connectivity index (χ3n) is 1.09. The van der Waals surface area contributed by atoms with Crippen LogP contribution in [-0.4, -0.2) is 22.4 Å². The number of carbonyl (C=O) groups is 1. The van der Waals surface area contributed by atoms with E-state index >= 15 is 0 Å². The van der Waals surface area contributed by atoms with Gasteiger partial charge in [-0.2, -0.15) is 0 Å². The molecular formula is C7H8BrNO3. The first kappa shape index (κ1) is 9.25. The summed E-state index contributed by atoms with van der Waals surface area (Å²) in [6, 6.07) is 0. The molecular weight excluding hydrogens is 226 g/mol. The van der Waals surface area contributed by atoms with E-state index in [4.69, 9.17) is 4.74 Å². The third-order valence-corrected chi connectivity index (χ3v) is 1.35. The minimum Gasteiger partial charge on any atom is -0.460 e. The van der Waals surface area contributed by atoms with Crippen molar-refractivity contribution in [1.29, 1.82) is 0 Å². The van der Waals surface area contributed by atoms with Gasteiger partial charge in [-0.05, 0) is 6.92 Å². The summed E-state index contributed by atoms with van der Waals surface area (Å²) < 4.78 is 9.46. The second-order valence-corrected chi connectivity index (χ2v) is 3.82. The number of hydrogen-bond acceptors (Lipinski definition) is 4. The van der Waals surface area contributed by atoms with Crippen LogP contribution in [0, 0.1) is 0 Å². The highest BCUT2D eigenvalue weighted by molar-refractivity contribution is 9.09. The molecule has 1 atom stereocenters. The molecule has 1 unspecified atom stereocenters. The normalized spacial score (nSPS) is 12.5. The summed E-state index contributed by atoms with van der Waals surface area (Å²) >= 11 is 3.25.